The number of hydrogen-bond acceptors (Lipinski definition) is 3. The van der Waals surface area contributed by atoms with E-state index in [1.807, 2.05) is 25.1 Å². The Balaban J connectivity index is 1.89. The molecular formula is C18H20FNO3S. The summed E-state index contributed by atoms with van der Waals surface area (Å²) < 4.78 is 30.9. The molecule has 0 aliphatic heterocycles. The first-order valence-corrected chi connectivity index (χ1v) is 8.97. The summed E-state index contributed by atoms with van der Waals surface area (Å²) in [4.78, 5) is 11.9. The SMILES string of the molecule is COc1ccc(C)cc1C[S@@](=O)CC(=O)NCc1ccccc1F. The van der Waals surface area contributed by atoms with Gasteiger partial charge in [0.2, 0.25) is 5.91 Å². The van der Waals surface area contributed by atoms with E-state index in [9.17, 15) is 13.4 Å². The van der Waals surface area contributed by atoms with Crippen LogP contribution < -0.4 is 10.1 Å². The highest BCUT2D eigenvalue weighted by atomic mass is 32.2. The Kier molecular flexibility index (Phi) is 6.49. The molecule has 0 unspecified atom stereocenters. The number of ether oxygens (including phenoxy) is 1. The number of nitrogens with one attached hydrogen (secondary N) is 1. The van der Waals surface area contributed by atoms with Crippen LogP contribution in [0.5, 0.6) is 5.75 Å². The summed E-state index contributed by atoms with van der Waals surface area (Å²) in [7, 11) is 0.184. The third-order valence-electron chi connectivity index (χ3n) is 3.48. The molecule has 2 rings (SSSR count). The average molecular weight is 349 g/mol. The average Bonchev–Trinajstić information content (AvgIpc) is 2.54. The molecule has 0 aliphatic rings. The molecule has 2 aromatic carbocycles. The molecule has 128 valence electrons. The Morgan fingerprint density at radius 3 is 2.67 bits per heavy atom. The smallest absolute Gasteiger partial charge is 0.232 e. The summed E-state index contributed by atoms with van der Waals surface area (Å²) in [6, 6.07) is 11.9. The van der Waals surface area contributed by atoms with Crippen molar-refractivity contribution in [2.45, 2.75) is 19.2 Å². The van der Waals surface area contributed by atoms with E-state index in [2.05, 4.69) is 5.32 Å². The zero-order valence-corrected chi connectivity index (χ0v) is 14.5. The monoisotopic (exact) mass is 349 g/mol. The van der Waals surface area contributed by atoms with Crippen molar-refractivity contribution in [1.29, 1.82) is 0 Å². The fourth-order valence-electron chi connectivity index (χ4n) is 2.28. The number of aryl methyl sites for hydroxylation is 1. The fourth-order valence-corrected chi connectivity index (χ4v) is 3.35. The molecular weight excluding hydrogens is 329 g/mol. The van der Waals surface area contributed by atoms with Gasteiger partial charge < -0.3 is 10.1 Å². The summed E-state index contributed by atoms with van der Waals surface area (Å²) in [6.07, 6.45) is 0. The minimum absolute atomic E-state index is 0.0798. The highest BCUT2D eigenvalue weighted by Gasteiger charge is 2.12. The van der Waals surface area contributed by atoms with E-state index in [0.717, 1.165) is 11.1 Å². The second-order valence-corrected chi connectivity index (χ2v) is 6.87. The molecule has 0 heterocycles. The van der Waals surface area contributed by atoms with Crippen LogP contribution in [0.3, 0.4) is 0 Å². The summed E-state index contributed by atoms with van der Waals surface area (Å²) in [5.41, 5.74) is 2.24. The maximum Gasteiger partial charge on any atom is 0.232 e. The van der Waals surface area contributed by atoms with Crippen LogP contribution in [0.15, 0.2) is 42.5 Å². The van der Waals surface area contributed by atoms with Gasteiger partial charge in [0, 0.05) is 28.5 Å². The Hall–Kier alpha value is -2.21. The molecule has 24 heavy (non-hydrogen) atoms. The first-order chi connectivity index (χ1) is 11.5. The van der Waals surface area contributed by atoms with Gasteiger partial charge in [-0.3, -0.25) is 9.00 Å². The van der Waals surface area contributed by atoms with Gasteiger partial charge in [-0.2, -0.15) is 0 Å². The lowest BCUT2D eigenvalue weighted by Gasteiger charge is -2.10. The number of hydrogen-bond donors (Lipinski definition) is 1. The molecule has 0 saturated carbocycles. The summed E-state index contributed by atoms with van der Waals surface area (Å²) in [5, 5.41) is 2.59. The molecule has 0 radical (unpaired) electrons. The van der Waals surface area contributed by atoms with Gasteiger partial charge in [-0.15, -0.1) is 0 Å². The third-order valence-corrected chi connectivity index (χ3v) is 4.70. The number of carbonyl (C=O) groups is 1. The Labute approximate surface area is 143 Å². The number of amides is 1. The van der Waals surface area contributed by atoms with Crippen LogP contribution in [0.2, 0.25) is 0 Å². The number of halogens is 1. The number of benzene rings is 2. The van der Waals surface area contributed by atoms with Crippen molar-refractivity contribution < 1.29 is 18.1 Å². The van der Waals surface area contributed by atoms with Gasteiger partial charge in [-0.05, 0) is 19.1 Å². The van der Waals surface area contributed by atoms with Crippen molar-refractivity contribution in [2.75, 3.05) is 12.9 Å². The molecule has 0 aliphatic carbocycles. The number of carbonyl (C=O) groups excluding carboxylic acids is 1. The van der Waals surface area contributed by atoms with Crippen LogP contribution in [-0.4, -0.2) is 23.0 Å². The van der Waals surface area contributed by atoms with Crippen molar-refractivity contribution in [2.24, 2.45) is 0 Å². The number of rotatable bonds is 7. The van der Waals surface area contributed by atoms with E-state index in [0.29, 0.717) is 11.3 Å². The van der Waals surface area contributed by atoms with Crippen LogP contribution in [0, 0.1) is 12.7 Å². The minimum Gasteiger partial charge on any atom is -0.496 e. The molecule has 0 bridgehead atoms. The molecule has 1 N–H and O–H groups in total. The lowest BCUT2D eigenvalue weighted by Crippen LogP contribution is -2.28. The zero-order chi connectivity index (χ0) is 17.5. The van der Waals surface area contributed by atoms with Crippen LogP contribution in [0.1, 0.15) is 16.7 Å². The predicted octanol–water partition coefficient (Wildman–Crippen LogP) is 2.71. The standard InChI is InChI=1S/C18H20FNO3S/c1-13-7-8-17(23-2)15(9-13)11-24(22)12-18(21)20-10-14-5-3-4-6-16(14)19/h3-9H,10-12H2,1-2H3,(H,20,21)/t24-/m1/s1. The zero-order valence-electron chi connectivity index (χ0n) is 13.7. The van der Waals surface area contributed by atoms with E-state index in [4.69, 9.17) is 4.74 Å². The van der Waals surface area contributed by atoms with Crippen molar-refractivity contribution >= 4 is 16.7 Å². The highest BCUT2D eigenvalue weighted by molar-refractivity contribution is 7.84. The largest absolute Gasteiger partial charge is 0.496 e. The second-order valence-electron chi connectivity index (χ2n) is 5.41. The van der Waals surface area contributed by atoms with Gasteiger partial charge in [0.15, 0.2) is 0 Å². The molecule has 1 amide bonds. The second kappa shape index (κ2) is 8.59. The quantitative estimate of drug-likeness (QED) is 0.836. The van der Waals surface area contributed by atoms with Crippen LogP contribution in [0.25, 0.3) is 0 Å². The van der Waals surface area contributed by atoms with Gasteiger partial charge in [0.05, 0.1) is 12.9 Å². The van der Waals surface area contributed by atoms with Gasteiger partial charge in [0.1, 0.15) is 17.3 Å². The molecule has 0 fully saturated rings. The molecule has 1 atom stereocenters. The summed E-state index contributed by atoms with van der Waals surface area (Å²) >= 11 is 0. The van der Waals surface area contributed by atoms with Crippen molar-refractivity contribution in [3.63, 3.8) is 0 Å². The first-order valence-electron chi connectivity index (χ1n) is 7.48. The molecule has 6 heteroatoms. The normalized spacial score (nSPS) is 11.8. The lowest BCUT2D eigenvalue weighted by molar-refractivity contribution is -0.118. The Bertz CT molecular complexity index is 749. The first kappa shape index (κ1) is 18.1. The summed E-state index contributed by atoms with van der Waals surface area (Å²) in [6.45, 7) is 2.02. The maximum atomic E-state index is 13.5. The van der Waals surface area contributed by atoms with Gasteiger partial charge in [0.25, 0.3) is 0 Å². The lowest BCUT2D eigenvalue weighted by atomic mass is 10.1. The molecule has 2 aromatic rings. The molecule has 0 spiro atoms. The van der Waals surface area contributed by atoms with E-state index in [1.165, 1.54) is 6.07 Å². The van der Waals surface area contributed by atoms with Gasteiger partial charge in [-0.1, -0.05) is 35.9 Å². The van der Waals surface area contributed by atoms with Gasteiger partial charge in [-0.25, -0.2) is 4.39 Å². The Morgan fingerprint density at radius 2 is 1.96 bits per heavy atom. The molecule has 0 saturated heterocycles. The van der Waals surface area contributed by atoms with Crippen molar-refractivity contribution in [3.05, 3.63) is 65.0 Å². The van der Waals surface area contributed by atoms with E-state index < -0.39 is 10.8 Å². The van der Waals surface area contributed by atoms with Crippen LogP contribution in [0.4, 0.5) is 4.39 Å². The third kappa shape index (κ3) is 5.16. The number of methoxy groups -OCH3 is 1. The van der Waals surface area contributed by atoms with Crippen LogP contribution in [-0.2, 0) is 27.9 Å². The Morgan fingerprint density at radius 1 is 1.21 bits per heavy atom. The maximum absolute atomic E-state index is 13.5. The van der Waals surface area contributed by atoms with Gasteiger partial charge >= 0.3 is 0 Å². The van der Waals surface area contributed by atoms with E-state index in [-0.39, 0.29) is 29.8 Å². The highest BCUT2D eigenvalue weighted by Crippen LogP contribution is 2.21. The molecule has 0 aromatic heterocycles. The van der Waals surface area contributed by atoms with Crippen LogP contribution >= 0.6 is 0 Å². The van der Waals surface area contributed by atoms with E-state index in [1.54, 1.807) is 25.3 Å². The fraction of sp³-hybridized carbons (Fsp3) is 0.278. The predicted molar refractivity (Wildman–Crippen MR) is 92.7 cm³/mol. The topological polar surface area (TPSA) is 55.4 Å². The molecule has 4 nitrogen and oxygen atoms in total. The minimum atomic E-state index is -1.37. The van der Waals surface area contributed by atoms with Crippen molar-refractivity contribution in [1.82, 2.24) is 5.32 Å². The van der Waals surface area contributed by atoms with Crippen molar-refractivity contribution in [3.8, 4) is 5.75 Å². The summed E-state index contributed by atoms with van der Waals surface area (Å²) in [5.74, 6) is 0.0103. The van der Waals surface area contributed by atoms with E-state index >= 15 is 0 Å².